The lowest BCUT2D eigenvalue weighted by Crippen LogP contribution is -2.15. The first kappa shape index (κ1) is 18.0. The molecule has 0 unspecified atom stereocenters. The van der Waals surface area contributed by atoms with E-state index in [0.29, 0.717) is 0 Å². The molecule has 0 aliphatic carbocycles. The van der Waals surface area contributed by atoms with E-state index in [-0.39, 0.29) is 29.4 Å². The van der Waals surface area contributed by atoms with Crippen LogP contribution in [-0.4, -0.2) is 15.7 Å². The molecule has 1 amide bonds. The van der Waals surface area contributed by atoms with Crippen molar-refractivity contribution in [2.75, 3.05) is 5.32 Å². The molecule has 0 spiro atoms. The predicted molar refractivity (Wildman–Crippen MR) is 84.6 cm³/mol. The van der Waals surface area contributed by atoms with Crippen LogP contribution in [0.4, 0.5) is 18.9 Å². The highest BCUT2D eigenvalue weighted by Gasteiger charge is 2.31. The molecule has 2 aromatic rings. The predicted octanol–water partition coefficient (Wildman–Crippen LogP) is 3.27. The number of rotatable bonds is 4. The third-order valence-electron chi connectivity index (χ3n) is 3.55. The maximum atomic E-state index is 12.9. The summed E-state index contributed by atoms with van der Waals surface area (Å²) in [5.41, 5.74) is 5.89. The molecule has 130 valence electrons. The third-order valence-corrected chi connectivity index (χ3v) is 3.55. The van der Waals surface area contributed by atoms with Gasteiger partial charge in [0.2, 0.25) is 0 Å². The van der Waals surface area contributed by atoms with Crippen molar-refractivity contribution in [2.45, 2.75) is 32.5 Å². The molecular formula is C16H19F3N4O. The first-order chi connectivity index (χ1) is 11.1. The molecule has 1 aromatic heterocycles. The first-order valence-electron chi connectivity index (χ1n) is 7.38. The van der Waals surface area contributed by atoms with E-state index in [9.17, 15) is 18.0 Å². The Bertz CT molecular complexity index is 750. The second-order valence-corrected chi connectivity index (χ2v) is 5.81. The minimum absolute atomic E-state index is 0.0343. The largest absolute Gasteiger partial charge is 0.416 e. The number of hydrogen-bond acceptors (Lipinski definition) is 3. The summed E-state index contributed by atoms with van der Waals surface area (Å²) in [6, 6.07) is 4.88. The number of anilines is 1. The van der Waals surface area contributed by atoms with Gasteiger partial charge in [0.1, 0.15) is 0 Å². The minimum Gasteiger partial charge on any atom is -0.326 e. The van der Waals surface area contributed by atoms with Gasteiger partial charge in [-0.1, -0.05) is 13.8 Å². The van der Waals surface area contributed by atoms with Crippen LogP contribution in [0.15, 0.2) is 24.3 Å². The van der Waals surface area contributed by atoms with E-state index in [2.05, 4.69) is 10.4 Å². The number of halogens is 3. The lowest BCUT2D eigenvalue weighted by atomic mass is 10.1. The summed E-state index contributed by atoms with van der Waals surface area (Å²) in [6.07, 6.45) is -4.51. The van der Waals surface area contributed by atoms with Gasteiger partial charge in [0.05, 0.1) is 5.56 Å². The number of hydrogen-bond donors (Lipinski definition) is 2. The number of nitrogens with zero attached hydrogens (tertiary/aromatic N) is 2. The van der Waals surface area contributed by atoms with Gasteiger partial charge in [-0.15, -0.1) is 0 Å². The van der Waals surface area contributed by atoms with E-state index in [1.54, 1.807) is 17.8 Å². The van der Waals surface area contributed by atoms with Gasteiger partial charge in [0.15, 0.2) is 5.69 Å². The zero-order valence-electron chi connectivity index (χ0n) is 13.6. The maximum Gasteiger partial charge on any atom is 0.416 e. The van der Waals surface area contributed by atoms with Crippen LogP contribution in [-0.2, 0) is 19.8 Å². The van der Waals surface area contributed by atoms with Crippen molar-refractivity contribution in [3.8, 4) is 0 Å². The van der Waals surface area contributed by atoms with Crippen molar-refractivity contribution in [1.82, 2.24) is 9.78 Å². The van der Waals surface area contributed by atoms with Gasteiger partial charge >= 0.3 is 6.18 Å². The van der Waals surface area contributed by atoms with Crippen LogP contribution in [0, 0.1) is 0 Å². The lowest BCUT2D eigenvalue weighted by Gasteiger charge is -2.12. The highest BCUT2D eigenvalue weighted by molar-refractivity contribution is 6.03. The third kappa shape index (κ3) is 3.94. The molecule has 0 atom stereocenters. The quantitative estimate of drug-likeness (QED) is 0.897. The van der Waals surface area contributed by atoms with Gasteiger partial charge in [0.25, 0.3) is 5.91 Å². The highest BCUT2D eigenvalue weighted by atomic mass is 19.4. The van der Waals surface area contributed by atoms with Crippen molar-refractivity contribution in [1.29, 1.82) is 0 Å². The van der Waals surface area contributed by atoms with Crippen molar-refractivity contribution in [3.05, 3.63) is 46.8 Å². The van der Waals surface area contributed by atoms with E-state index in [1.807, 2.05) is 13.8 Å². The van der Waals surface area contributed by atoms with Gasteiger partial charge in [0, 0.05) is 25.0 Å². The molecular weight excluding hydrogens is 321 g/mol. The molecule has 8 heteroatoms. The van der Waals surface area contributed by atoms with E-state index in [4.69, 9.17) is 5.73 Å². The summed E-state index contributed by atoms with van der Waals surface area (Å²) in [5.74, 6) is -0.402. The first-order valence-corrected chi connectivity index (χ1v) is 7.38. The summed E-state index contributed by atoms with van der Waals surface area (Å²) in [7, 11) is 1.71. The fraction of sp³-hybridized carbons (Fsp3) is 0.375. The molecule has 0 saturated heterocycles. The number of carbonyl (C=O) groups excluding carboxylic acids is 1. The van der Waals surface area contributed by atoms with Gasteiger partial charge in [-0.05, 0) is 35.7 Å². The molecule has 1 aromatic carbocycles. The van der Waals surface area contributed by atoms with Crippen molar-refractivity contribution >= 4 is 11.6 Å². The van der Waals surface area contributed by atoms with E-state index in [1.165, 1.54) is 6.07 Å². The second kappa shape index (κ2) is 6.64. The average molecular weight is 340 g/mol. The number of aromatic nitrogens is 2. The average Bonchev–Trinajstić information content (AvgIpc) is 2.88. The zero-order chi connectivity index (χ0) is 18.1. The molecule has 0 radical (unpaired) electrons. The van der Waals surface area contributed by atoms with Crippen LogP contribution >= 0.6 is 0 Å². The number of carbonyl (C=O) groups is 1. The van der Waals surface area contributed by atoms with Crippen molar-refractivity contribution < 1.29 is 18.0 Å². The van der Waals surface area contributed by atoms with Gasteiger partial charge in [-0.3, -0.25) is 9.48 Å². The molecule has 0 fully saturated rings. The van der Waals surface area contributed by atoms with Gasteiger partial charge in [-0.25, -0.2) is 0 Å². The molecule has 24 heavy (non-hydrogen) atoms. The number of aryl methyl sites for hydroxylation is 1. The Kier molecular flexibility index (Phi) is 4.98. The van der Waals surface area contributed by atoms with E-state index >= 15 is 0 Å². The van der Waals surface area contributed by atoms with Crippen LogP contribution in [0.2, 0.25) is 0 Å². The summed E-state index contributed by atoms with van der Waals surface area (Å²) in [5, 5.41) is 6.55. The summed E-state index contributed by atoms with van der Waals surface area (Å²) in [6.45, 7) is 3.85. The van der Waals surface area contributed by atoms with E-state index < -0.39 is 17.6 Å². The smallest absolute Gasteiger partial charge is 0.326 e. The molecule has 1 heterocycles. The van der Waals surface area contributed by atoms with Crippen molar-refractivity contribution in [3.63, 3.8) is 0 Å². The summed E-state index contributed by atoms with van der Waals surface area (Å²) >= 11 is 0. The normalized spacial score (nSPS) is 11.8. The van der Waals surface area contributed by atoms with Gasteiger partial charge in [-0.2, -0.15) is 18.3 Å². The second-order valence-electron chi connectivity index (χ2n) is 5.81. The standard InChI is InChI=1S/C16H19F3N4O/c1-9(2)14-7-13(22-23(14)3)15(24)21-12-5-10(8-20)4-11(6-12)16(17,18)19/h4-7,9H,8,20H2,1-3H3,(H,21,24). The van der Waals surface area contributed by atoms with Crippen LogP contribution in [0.25, 0.3) is 0 Å². The Morgan fingerprint density at radius 1 is 1.29 bits per heavy atom. The molecule has 0 saturated carbocycles. The Morgan fingerprint density at radius 2 is 1.96 bits per heavy atom. The Hall–Kier alpha value is -2.35. The molecule has 0 aliphatic rings. The summed E-state index contributed by atoms with van der Waals surface area (Å²) in [4.78, 5) is 12.3. The van der Waals surface area contributed by atoms with Crippen LogP contribution in [0.3, 0.4) is 0 Å². The van der Waals surface area contributed by atoms with E-state index in [0.717, 1.165) is 17.8 Å². The summed E-state index contributed by atoms with van der Waals surface area (Å²) < 4.78 is 40.3. The lowest BCUT2D eigenvalue weighted by molar-refractivity contribution is -0.137. The Balaban J connectivity index is 2.30. The minimum atomic E-state index is -4.51. The zero-order valence-corrected chi connectivity index (χ0v) is 13.6. The number of benzene rings is 1. The molecule has 3 N–H and O–H groups in total. The van der Waals surface area contributed by atoms with Crippen LogP contribution in [0.5, 0.6) is 0 Å². The molecule has 0 bridgehead atoms. The SMILES string of the molecule is CC(C)c1cc(C(=O)Nc2cc(CN)cc(C(F)(F)F)c2)nn1C. The van der Waals surface area contributed by atoms with Crippen LogP contribution in [0.1, 0.15) is 47.1 Å². The number of amides is 1. The van der Waals surface area contributed by atoms with Crippen molar-refractivity contribution in [2.24, 2.45) is 12.8 Å². The fourth-order valence-corrected chi connectivity index (χ4v) is 2.37. The highest BCUT2D eigenvalue weighted by Crippen LogP contribution is 2.32. The number of nitrogens with one attached hydrogen (secondary N) is 1. The molecule has 0 aliphatic heterocycles. The van der Waals surface area contributed by atoms with Gasteiger partial charge < -0.3 is 11.1 Å². The molecule has 5 nitrogen and oxygen atoms in total. The fourth-order valence-electron chi connectivity index (χ4n) is 2.37. The molecule has 2 rings (SSSR count). The topological polar surface area (TPSA) is 72.9 Å². The maximum absolute atomic E-state index is 12.9. The Labute approximate surface area is 137 Å². The van der Waals surface area contributed by atoms with Crippen LogP contribution < -0.4 is 11.1 Å². The monoisotopic (exact) mass is 340 g/mol. The number of alkyl halides is 3. The number of nitrogens with two attached hydrogens (primary N) is 1. The Morgan fingerprint density at radius 3 is 2.46 bits per heavy atom.